The largest absolute Gasteiger partial charge is 0.497 e. The SMILES string of the molecule is COc1ccc(C(=O)C2(C(F)(F)F)CCNC2)c(C)c1. The molecule has 0 radical (unpaired) electrons. The van der Waals surface area contributed by atoms with Gasteiger partial charge in [0.05, 0.1) is 7.11 Å². The van der Waals surface area contributed by atoms with Crippen molar-refractivity contribution in [1.82, 2.24) is 5.32 Å². The minimum absolute atomic E-state index is 0.104. The van der Waals surface area contributed by atoms with Gasteiger partial charge in [0.2, 0.25) is 0 Å². The molecule has 0 saturated carbocycles. The fourth-order valence-electron chi connectivity index (χ4n) is 2.53. The van der Waals surface area contributed by atoms with Crippen LogP contribution in [0.2, 0.25) is 0 Å². The highest BCUT2D eigenvalue weighted by Gasteiger charge is 2.61. The number of ether oxygens (including phenoxy) is 1. The Kier molecular flexibility index (Phi) is 3.77. The van der Waals surface area contributed by atoms with E-state index in [2.05, 4.69) is 5.32 Å². The van der Waals surface area contributed by atoms with E-state index in [4.69, 9.17) is 4.74 Å². The summed E-state index contributed by atoms with van der Waals surface area (Å²) in [6.45, 7) is 1.45. The lowest BCUT2D eigenvalue weighted by molar-refractivity contribution is -0.197. The van der Waals surface area contributed by atoms with Gasteiger partial charge in [-0.3, -0.25) is 4.79 Å². The van der Waals surface area contributed by atoms with Gasteiger partial charge in [0, 0.05) is 12.1 Å². The monoisotopic (exact) mass is 287 g/mol. The number of alkyl halides is 3. The van der Waals surface area contributed by atoms with Crippen molar-refractivity contribution < 1.29 is 22.7 Å². The zero-order valence-corrected chi connectivity index (χ0v) is 11.3. The molecule has 1 aliphatic heterocycles. The van der Waals surface area contributed by atoms with E-state index in [0.29, 0.717) is 11.3 Å². The van der Waals surface area contributed by atoms with E-state index in [1.807, 2.05) is 0 Å². The second-order valence-electron chi connectivity index (χ2n) is 5.02. The third kappa shape index (κ3) is 2.28. The number of halogens is 3. The highest BCUT2D eigenvalue weighted by atomic mass is 19.4. The maximum Gasteiger partial charge on any atom is 0.402 e. The Morgan fingerprint density at radius 3 is 2.55 bits per heavy atom. The van der Waals surface area contributed by atoms with E-state index < -0.39 is 17.4 Å². The number of nitrogens with one attached hydrogen (secondary N) is 1. The van der Waals surface area contributed by atoms with Crippen LogP contribution in [0.4, 0.5) is 13.2 Å². The van der Waals surface area contributed by atoms with E-state index in [-0.39, 0.29) is 25.1 Å². The van der Waals surface area contributed by atoms with Crippen LogP contribution < -0.4 is 10.1 Å². The zero-order chi connectivity index (χ0) is 15.0. The van der Waals surface area contributed by atoms with Crippen LogP contribution in [0.15, 0.2) is 18.2 Å². The standard InChI is InChI=1S/C14H16F3NO2/c1-9-7-10(20-2)3-4-11(9)12(19)13(14(15,16)17)5-6-18-8-13/h3-4,7,18H,5-6,8H2,1-2H3. The topological polar surface area (TPSA) is 38.3 Å². The van der Waals surface area contributed by atoms with E-state index in [1.165, 1.54) is 19.2 Å². The van der Waals surface area contributed by atoms with Crippen molar-refractivity contribution in [2.24, 2.45) is 5.41 Å². The minimum atomic E-state index is -4.56. The molecule has 20 heavy (non-hydrogen) atoms. The fourth-order valence-corrected chi connectivity index (χ4v) is 2.53. The van der Waals surface area contributed by atoms with Gasteiger partial charge in [-0.15, -0.1) is 0 Å². The summed E-state index contributed by atoms with van der Waals surface area (Å²) >= 11 is 0. The molecule has 1 fully saturated rings. The van der Waals surface area contributed by atoms with Gasteiger partial charge in [-0.25, -0.2) is 0 Å². The molecule has 0 amide bonds. The molecular weight excluding hydrogens is 271 g/mol. The van der Waals surface area contributed by atoms with Crippen LogP contribution in [0.1, 0.15) is 22.3 Å². The summed E-state index contributed by atoms with van der Waals surface area (Å²) in [4.78, 5) is 12.4. The molecule has 6 heteroatoms. The van der Waals surface area contributed by atoms with Gasteiger partial charge in [0.15, 0.2) is 5.78 Å². The molecule has 1 saturated heterocycles. The van der Waals surface area contributed by atoms with Crippen LogP contribution in [0.5, 0.6) is 5.75 Å². The fraction of sp³-hybridized carbons (Fsp3) is 0.500. The molecule has 1 aromatic rings. The van der Waals surface area contributed by atoms with Crippen molar-refractivity contribution in [3.63, 3.8) is 0 Å². The van der Waals surface area contributed by atoms with Gasteiger partial charge in [-0.2, -0.15) is 13.2 Å². The normalized spacial score (nSPS) is 22.9. The van der Waals surface area contributed by atoms with Gasteiger partial charge in [-0.05, 0) is 43.7 Å². The van der Waals surface area contributed by atoms with Crippen molar-refractivity contribution in [1.29, 1.82) is 0 Å². The Morgan fingerprint density at radius 1 is 1.40 bits per heavy atom. The molecule has 0 aliphatic carbocycles. The Morgan fingerprint density at radius 2 is 2.10 bits per heavy atom. The molecule has 1 N–H and O–H groups in total. The first-order chi connectivity index (χ1) is 9.32. The molecule has 0 aromatic heterocycles. The zero-order valence-electron chi connectivity index (χ0n) is 11.3. The van der Waals surface area contributed by atoms with E-state index >= 15 is 0 Å². The third-order valence-electron chi connectivity index (χ3n) is 3.81. The van der Waals surface area contributed by atoms with Crippen molar-refractivity contribution in [2.75, 3.05) is 20.2 Å². The average Bonchev–Trinajstić information content (AvgIpc) is 2.88. The molecule has 0 spiro atoms. The average molecular weight is 287 g/mol. The quantitative estimate of drug-likeness (QED) is 0.869. The number of carbonyl (C=O) groups excluding carboxylic acids is 1. The van der Waals surface area contributed by atoms with Crippen LogP contribution >= 0.6 is 0 Å². The molecule has 1 unspecified atom stereocenters. The van der Waals surface area contributed by atoms with E-state index in [0.717, 1.165) is 0 Å². The number of aryl methyl sites for hydroxylation is 1. The number of Topliss-reactive ketones (excluding diaryl/α,β-unsaturated/α-hetero) is 1. The van der Waals surface area contributed by atoms with Crippen LogP contribution in [-0.4, -0.2) is 32.2 Å². The molecule has 110 valence electrons. The van der Waals surface area contributed by atoms with Gasteiger partial charge < -0.3 is 10.1 Å². The second kappa shape index (κ2) is 5.09. The molecule has 1 heterocycles. The number of benzene rings is 1. The van der Waals surface area contributed by atoms with Crippen molar-refractivity contribution in [3.05, 3.63) is 29.3 Å². The Balaban J connectivity index is 2.44. The summed E-state index contributed by atoms with van der Waals surface area (Å²) in [5, 5.41) is 2.65. The highest BCUT2D eigenvalue weighted by molar-refractivity contribution is 6.02. The highest BCUT2D eigenvalue weighted by Crippen LogP contribution is 2.45. The van der Waals surface area contributed by atoms with Crippen molar-refractivity contribution in [2.45, 2.75) is 19.5 Å². The van der Waals surface area contributed by atoms with E-state index in [9.17, 15) is 18.0 Å². The minimum Gasteiger partial charge on any atom is -0.497 e. The summed E-state index contributed by atoms with van der Waals surface area (Å²) < 4.78 is 45.0. The number of methoxy groups -OCH3 is 1. The second-order valence-corrected chi connectivity index (χ2v) is 5.02. The predicted molar refractivity (Wildman–Crippen MR) is 68.0 cm³/mol. The third-order valence-corrected chi connectivity index (χ3v) is 3.81. The summed E-state index contributed by atoms with van der Waals surface area (Å²) in [5.41, 5.74) is -1.72. The summed E-state index contributed by atoms with van der Waals surface area (Å²) in [6.07, 6.45) is -4.78. The number of hydrogen-bond acceptors (Lipinski definition) is 3. The van der Waals surface area contributed by atoms with Crippen molar-refractivity contribution in [3.8, 4) is 5.75 Å². The van der Waals surface area contributed by atoms with Crippen LogP contribution in [0.25, 0.3) is 0 Å². The molecule has 0 bridgehead atoms. The first-order valence-corrected chi connectivity index (χ1v) is 6.29. The first kappa shape index (κ1) is 14.8. The number of carbonyl (C=O) groups is 1. The van der Waals surface area contributed by atoms with Gasteiger partial charge in [-0.1, -0.05) is 0 Å². The molecule has 1 atom stereocenters. The molecule has 1 aromatic carbocycles. The van der Waals surface area contributed by atoms with Crippen molar-refractivity contribution >= 4 is 5.78 Å². The number of rotatable bonds is 3. The van der Waals surface area contributed by atoms with Crippen LogP contribution in [0.3, 0.4) is 0 Å². The summed E-state index contributed by atoms with van der Waals surface area (Å²) in [6, 6.07) is 4.48. The lowest BCUT2D eigenvalue weighted by Crippen LogP contribution is -2.47. The Bertz CT molecular complexity index is 520. The van der Waals surface area contributed by atoms with Gasteiger partial charge >= 0.3 is 6.18 Å². The number of hydrogen-bond donors (Lipinski definition) is 1. The van der Waals surface area contributed by atoms with Gasteiger partial charge in [0.25, 0.3) is 0 Å². The number of ketones is 1. The maximum atomic E-state index is 13.3. The summed E-state index contributed by atoms with van der Waals surface area (Å²) in [7, 11) is 1.47. The lowest BCUT2D eigenvalue weighted by atomic mass is 9.78. The molecule has 1 aliphatic rings. The molecular formula is C14H16F3NO2. The van der Waals surface area contributed by atoms with Crippen LogP contribution in [-0.2, 0) is 0 Å². The predicted octanol–water partition coefficient (Wildman–Crippen LogP) is 2.73. The summed E-state index contributed by atoms with van der Waals surface area (Å²) in [5.74, 6) is -0.347. The Labute approximate surface area is 115 Å². The van der Waals surface area contributed by atoms with E-state index in [1.54, 1.807) is 13.0 Å². The van der Waals surface area contributed by atoms with Crippen LogP contribution in [0, 0.1) is 12.3 Å². The first-order valence-electron chi connectivity index (χ1n) is 6.29. The van der Waals surface area contributed by atoms with Gasteiger partial charge in [0.1, 0.15) is 11.2 Å². The Hall–Kier alpha value is -1.56. The molecule has 2 rings (SSSR count). The smallest absolute Gasteiger partial charge is 0.402 e. The maximum absolute atomic E-state index is 13.3. The lowest BCUT2D eigenvalue weighted by Gasteiger charge is -2.29. The molecule has 3 nitrogen and oxygen atoms in total.